The predicted octanol–water partition coefficient (Wildman–Crippen LogP) is 2.00. The SMILES string of the molecule is Brc1ccc2nc(N3CCNCC3)oc2c1. The van der Waals surface area contributed by atoms with Crippen LogP contribution in [0.1, 0.15) is 0 Å². The number of oxazole rings is 1. The van der Waals surface area contributed by atoms with Gasteiger partial charge >= 0.3 is 0 Å². The van der Waals surface area contributed by atoms with E-state index in [1.54, 1.807) is 0 Å². The van der Waals surface area contributed by atoms with Gasteiger partial charge in [-0.05, 0) is 18.2 Å². The zero-order chi connectivity index (χ0) is 11.0. The van der Waals surface area contributed by atoms with Gasteiger partial charge in [-0.25, -0.2) is 0 Å². The minimum absolute atomic E-state index is 0.731. The molecule has 3 rings (SSSR count). The largest absolute Gasteiger partial charge is 0.423 e. The van der Waals surface area contributed by atoms with Gasteiger partial charge in [0, 0.05) is 30.7 Å². The lowest BCUT2D eigenvalue weighted by Crippen LogP contribution is -2.43. The maximum atomic E-state index is 5.75. The lowest BCUT2D eigenvalue weighted by molar-refractivity contribution is 0.517. The molecule has 1 aromatic carbocycles. The Morgan fingerprint density at radius 2 is 2.12 bits per heavy atom. The van der Waals surface area contributed by atoms with Gasteiger partial charge in [-0.1, -0.05) is 15.9 Å². The number of benzene rings is 1. The highest BCUT2D eigenvalue weighted by atomic mass is 79.9. The summed E-state index contributed by atoms with van der Waals surface area (Å²) in [5.41, 5.74) is 1.75. The monoisotopic (exact) mass is 281 g/mol. The van der Waals surface area contributed by atoms with Gasteiger partial charge in [0.15, 0.2) is 5.58 Å². The Hall–Kier alpha value is -1.07. The van der Waals surface area contributed by atoms with Crippen LogP contribution in [-0.4, -0.2) is 31.2 Å². The van der Waals surface area contributed by atoms with Crippen LogP contribution in [0.25, 0.3) is 11.1 Å². The average molecular weight is 282 g/mol. The van der Waals surface area contributed by atoms with Crippen LogP contribution in [0.4, 0.5) is 6.01 Å². The van der Waals surface area contributed by atoms with Crippen molar-refractivity contribution >= 4 is 33.0 Å². The number of anilines is 1. The van der Waals surface area contributed by atoms with E-state index in [2.05, 4.69) is 31.1 Å². The van der Waals surface area contributed by atoms with Crippen LogP contribution in [-0.2, 0) is 0 Å². The van der Waals surface area contributed by atoms with E-state index >= 15 is 0 Å². The lowest BCUT2D eigenvalue weighted by Gasteiger charge is -2.25. The van der Waals surface area contributed by atoms with Gasteiger partial charge in [0.1, 0.15) is 5.52 Å². The molecule has 4 nitrogen and oxygen atoms in total. The van der Waals surface area contributed by atoms with Crippen LogP contribution in [0.3, 0.4) is 0 Å². The van der Waals surface area contributed by atoms with Crippen LogP contribution in [0, 0.1) is 0 Å². The van der Waals surface area contributed by atoms with E-state index < -0.39 is 0 Å². The minimum Gasteiger partial charge on any atom is -0.423 e. The summed E-state index contributed by atoms with van der Waals surface area (Å²) in [6.45, 7) is 3.88. The summed E-state index contributed by atoms with van der Waals surface area (Å²) in [7, 11) is 0. The summed E-state index contributed by atoms with van der Waals surface area (Å²) in [4.78, 5) is 6.66. The normalized spacial score (nSPS) is 16.9. The summed E-state index contributed by atoms with van der Waals surface area (Å²) in [5.74, 6) is 0. The van der Waals surface area contributed by atoms with Crippen molar-refractivity contribution in [1.29, 1.82) is 0 Å². The maximum Gasteiger partial charge on any atom is 0.298 e. The zero-order valence-corrected chi connectivity index (χ0v) is 10.3. The van der Waals surface area contributed by atoms with Crippen LogP contribution >= 0.6 is 15.9 Å². The van der Waals surface area contributed by atoms with Crippen molar-refractivity contribution < 1.29 is 4.42 Å². The fourth-order valence-corrected chi connectivity index (χ4v) is 2.22. The molecule has 1 fully saturated rings. The number of nitrogens with zero attached hydrogens (tertiary/aromatic N) is 2. The molecule has 84 valence electrons. The second-order valence-electron chi connectivity index (χ2n) is 3.85. The molecule has 1 aliphatic heterocycles. The van der Waals surface area contributed by atoms with E-state index in [9.17, 15) is 0 Å². The summed E-state index contributed by atoms with van der Waals surface area (Å²) >= 11 is 3.43. The summed E-state index contributed by atoms with van der Waals surface area (Å²) < 4.78 is 6.76. The Bertz CT molecular complexity index is 505. The third kappa shape index (κ3) is 1.81. The molecule has 1 aromatic heterocycles. The number of hydrogen-bond donors (Lipinski definition) is 1. The number of hydrogen-bond acceptors (Lipinski definition) is 4. The summed E-state index contributed by atoms with van der Waals surface area (Å²) in [6, 6.07) is 6.63. The first-order valence-corrected chi connectivity index (χ1v) is 6.14. The molecule has 1 N–H and O–H groups in total. The molecule has 0 unspecified atom stereocenters. The molecule has 0 spiro atoms. The molecule has 1 aliphatic rings. The first-order chi connectivity index (χ1) is 7.83. The Morgan fingerprint density at radius 3 is 2.94 bits per heavy atom. The second-order valence-corrected chi connectivity index (χ2v) is 4.76. The highest BCUT2D eigenvalue weighted by Crippen LogP contribution is 2.24. The van der Waals surface area contributed by atoms with E-state index in [0.29, 0.717) is 0 Å². The van der Waals surface area contributed by atoms with Gasteiger partial charge in [-0.15, -0.1) is 0 Å². The molecule has 0 aliphatic carbocycles. The van der Waals surface area contributed by atoms with Crippen molar-refractivity contribution in [2.75, 3.05) is 31.1 Å². The number of rotatable bonds is 1. The molecule has 0 radical (unpaired) electrons. The average Bonchev–Trinajstić information content (AvgIpc) is 2.73. The van der Waals surface area contributed by atoms with E-state index in [-0.39, 0.29) is 0 Å². The van der Waals surface area contributed by atoms with Crippen molar-refractivity contribution in [3.8, 4) is 0 Å². The Balaban J connectivity index is 1.97. The van der Waals surface area contributed by atoms with Crippen molar-refractivity contribution in [2.24, 2.45) is 0 Å². The van der Waals surface area contributed by atoms with Gasteiger partial charge in [-0.3, -0.25) is 0 Å². The van der Waals surface area contributed by atoms with Gasteiger partial charge in [0.05, 0.1) is 0 Å². The van der Waals surface area contributed by atoms with Gasteiger partial charge in [-0.2, -0.15) is 4.98 Å². The highest BCUT2D eigenvalue weighted by molar-refractivity contribution is 9.10. The Morgan fingerprint density at radius 1 is 1.31 bits per heavy atom. The Kier molecular flexibility index (Phi) is 2.57. The van der Waals surface area contributed by atoms with Gasteiger partial charge < -0.3 is 14.6 Å². The number of nitrogens with one attached hydrogen (secondary N) is 1. The number of halogens is 1. The third-order valence-electron chi connectivity index (χ3n) is 2.73. The molecule has 2 heterocycles. The Labute approximate surface area is 102 Å². The fraction of sp³-hybridized carbons (Fsp3) is 0.364. The number of fused-ring (bicyclic) bond motifs is 1. The van der Waals surface area contributed by atoms with Crippen molar-refractivity contribution in [3.05, 3.63) is 22.7 Å². The van der Waals surface area contributed by atoms with E-state index in [4.69, 9.17) is 4.42 Å². The van der Waals surface area contributed by atoms with Crippen molar-refractivity contribution in [1.82, 2.24) is 10.3 Å². The summed E-state index contributed by atoms with van der Waals surface area (Å²) in [6.07, 6.45) is 0. The molecule has 1 saturated heterocycles. The van der Waals surface area contributed by atoms with Crippen LogP contribution in [0.2, 0.25) is 0 Å². The molecule has 0 atom stereocenters. The third-order valence-corrected chi connectivity index (χ3v) is 3.22. The number of aromatic nitrogens is 1. The predicted molar refractivity (Wildman–Crippen MR) is 66.8 cm³/mol. The topological polar surface area (TPSA) is 41.3 Å². The quantitative estimate of drug-likeness (QED) is 0.868. The van der Waals surface area contributed by atoms with Crippen LogP contribution in [0.5, 0.6) is 0 Å². The second kappa shape index (κ2) is 4.07. The molecule has 5 heteroatoms. The fourth-order valence-electron chi connectivity index (χ4n) is 1.88. The molecule has 16 heavy (non-hydrogen) atoms. The van der Waals surface area contributed by atoms with Gasteiger partial charge in [0.25, 0.3) is 6.01 Å². The van der Waals surface area contributed by atoms with Crippen LogP contribution < -0.4 is 10.2 Å². The first kappa shape index (κ1) is 10.1. The van der Waals surface area contributed by atoms with E-state index in [1.165, 1.54) is 0 Å². The summed E-state index contributed by atoms with van der Waals surface area (Å²) in [5, 5.41) is 3.31. The standard InChI is InChI=1S/C11H12BrN3O/c12-8-1-2-9-10(7-8)16-11(14-9)15-5-3-13-4-6-15/h1-2,7,13H,3-6H2. The minimum atomic E-state index is 0.731. The number of piperazine rings is 1. The smallest absolute Gasteiger partial charge is 0.298 e. The molecule has 2 aromatic rings. The molecular formula is C11H12BrN3O. The van der Waals surface area contributed by atoms with Crippen molar-refractivity contribution in [2.45, 2.75) is 0 Å². The zero-order valence-electron chi connectivity index (χ0n) is 8.74. The van der Waals surface area contributed by atoms with Gasteiger partial charge in [0.2, 0.25) is 0 Å². The van der Waals surface area contributed by atoms with Crippen LogP contribution in [0.15, 0.2) is 27.1 Å². The molecule has 0 saturated carbocycles. The highest BCUT2D eigenvalue weighted by Gasteiger charge is 2.16. The maximum absolute atomic E-state index is 5.75. The van der Waals surface area contributed by atoms with E-state index in [1.807, 2.05) is 18.2 Å². The first-order valence-electron chi connectivity index (χ1n) is 5.35. The van der Waals surface area contributed by atoms with E-state index in [0.717, 1.165) is 47.8 Å². The van der Waals surface area contributed by atoms with Crippen molar-refractivity contribution in [3.63, 3.8) is 0 Å². The molecular weight excluding hydrogens is 270 g/mol. The molecule has 0 amide bonds. The molecule has 0 bridgehead atoms. The lowest BCUT2D eigenvalue weighted by atomic mass is 10.3.